The topological polar surface area (TPSA) is 149 Å². The van der Waals surface area contributed by atoms with Crippen LogP contribution in [0, 0.1) is 22.0 Å². The van der Waals surface area contributed by atoms with Crippen molar-refractivity contribution in [3.8, 4) is 34.5 Å². The van der Waals surface area contributed by atoms with Crippen LogP contribution in [-0.4, -0.2) is 61.1 Å². The smallest absolute Gasteiger partial charge is 0.294 e. The minimum absolute atomic E-state index is 0.0374. The molecule has 1 fully saturated rings. The van der Waals surface area contributed by atoms with Crippen LogP contribution in [0.2, 0.25) is 10.0 Å². The van der Waals surface area contributed by atoms with Crippen molar-refractivity contribution in [2.45, 2.75) is 25.3 Å². The monoisotopic (exact) mass is 608 g/mol. The first-order valence-corrected chi connectivity index (χ1v) is 14.8. The van der Waals surface area contributed by atoms with E-state index in [0.717, 1.165) is 0 Å². The minimum Gasteiger partial charge on any atom is -0.492 e. The zero-order valence-electron chi connectivity index (χ0n) is 21.3. The zero-order chi connectivity index (χ0) is 28.9. The van der Waals surface area contributed by atoms with Crippen LogP contribution in [0.5, 0.6) is 5.75 Å². The second kappa shape index (κ2) is 12.8. The normalized spacial score (nSPS) is 15.4. The van der Waals surface area contributed by atoms with Gasteiger partial charge in [-0.2, -0.15) is 15.7 Å². The van der Waals surface area contributed by atoms with Crippen molar-refractivity contribution >= 4 is 39.7 Å². The summed E-state index contributed by atoms with van der Waals surface area (Å²) in [5.41, 5.74) is 2.30. The summed E-state index contributed by atoms with van der Waals surface area (Å²) in [5.74, 6) is 5.95. The second-order valence-corrected chi connectivity index (χ2v) is 12.1. The molecule has 1 aliphatic heterocycles. The molecule has 2 aromatic carbocycles. The Bertz CT molecular complexity index is 1460. The third kappa shape index (κ3) is 7.18. The molecule has 11 nitrogen and oxygen atoms in total. The second-order valence-electron chi connectivity index (χ2n) is 8.88. The lowest BCUT2D eigenvalue weighted by molar-refractivity contribution is -0.757. The largest absolute Gasteiger partial charge is 0.492 e. The molecule has 0 bridgehead atoms. The van der Waals surface area contributed by atoms with Gasteiger partial charge in [-0.25, -0.2) is 4.68 Å². The third-order valence-electron chi connectivity index (χ3n) is 6.14. The molecule has 1 amide bonds. The van der Waals surface area contributed by atoms with E-state index >= 15 is 0 Å². The molecule has 1 aromatic heterocycles. The van der Waals surface area contributed by atoms with Crippen LogP contribution in [0.4, 0.5) is 0 Å². The van der Waals surface area contributed by atoms with Gasteiger partial charge in [0.25, 0.3) is 11.0 Å². The maximum absolute atomic E-state index is 13.4. The summed E-state index contributed by atoms with van der Waals surface area (Å²) in [5, 5.41) is 17.6. The van der Waals surface area contributed by atoms with Crippen molar-refractivity contribution in [2.24, 2.45) is 0 Å². The van der Waals surface area contributed by atoms with E-state index in [1.54, 1.807) is 42.5 Å². The zero-order valence-corrected chi connectivity index (χ0v) is 23.6. The standard InChI is InChI=1S/C26H26Cl2N4O7S/c1-38-25-23(26(33)29-20-11-14-40(36,37)15-12-20)30-31(22-10-9-19(27)16-21(22)28)24(25)18-7-5-17(6-8-18)4-2-3-13-39-32(34)35/h5-10,16,20,36-37H,3,11-15H2,1H3,(H,29,33). The molecule has 0 radical (unpaired) electrons. The predicted molar refractivity (Wildman–Crippen MR) is 153 cm³/mol. The molecule has 212 valence electrons. The maximum Gasteiger partial charge on any atom is 0.294 e. The summed E-state index contributed by atoms with van der Waals surface area (Å²) >= 11 is 12.6. The number of amides is 1. The van der Waals surface area contributed by atoms with Crippen molar-refractivity contribution in [1.82, 2.24) is 15.1 Å². The number of rotatable bonds is 8. The Hall–Kier alpha value is -3.47. The number of benzene rings is 2. The summed E-state index contributed by atoms with van der Waals surface area (Å²) < 4.78 is 27.0. The molecule has 0 unspecified atom stereocenters. The number of halogens is 2. The van der Waals surface area contributed by atoms with Crippen molar-refractivity contribution in [3.05, 3.63) is 73.9 Å². The van der Waals surface area contributed by atoms with E-state index in [1.807, 2.05) is 0 Å². The summed E-state index contributed by atoms with van der Waals surface area (Å²) in [7, 11) is -1.15. The molecule has 0 saturated carbocycles. The first-order valence-electron chi connectivity index (χ1n) is 12.1. The number of hydrogen-bond donors (Lipinski definition) is 3. The Labute approximate surface area is 241 Å². The molecule has 14 heteroatoms. The quantitative estimate of drug-likeness (QED) is 0.132. The molecule has 0 spiro atoms. The fraction of sp³-hybridized carbons (Fsp3) is 0.308. The minimum atomic E-state index is -2.59. The Balaban J connectivity index is 1.68. The van der Waals surface area contributed by atoms with Gasteiger partial charge in [0.1, 0.15) is 12.3 Å². The Morgan fingerprint density at radius 3 is 2.55 bits per heavy atom. The van der Waals surface area contributed by atoms with Gasteiger partial charge in [0, 0.05) is 40.1 Å². The van der Waals surface area contributed by atoms with Gasteiger partial charge in [-0.3, -0.25) is 13.9 Å². The third-order valence-corrected chi connectivity index (χ3v) is 8.45. The average molecular weight is 609 g/mol. The van der Waals surface area contributed by atoms with Gasteiger partial charge in [-0.15, -0.1) is 10.1 Å². The van der Waals surface area contributed by atoms with E-state index in [2.05, 4.69) is 27.1 Å². The van der Waals surface area contributed by atoms with Crippen molar-refractivity contribution in [2.75, 3.05) is 25.2 Å². The number of carbonyl (C=O) groups excluding carboxylic acids is 1. The highest BCUT2D eigenvalue weighted by Crippen LogP contribution is 2.44. The lowest BCUT2D eigenvalue weighted by atomic mass is 10.1. The number of carbonyl (C=O) groups is 1. The lowest BCUT2D eigenvalue weighted by Crippen LogP contribution is -2.40. The van der Waals surface area contributed by atoms with Crippen LogP contribution in [0.1, 0.15) is 35.3 Å². The highest BCUT2D eigenvalue weighted by atomic mass is 35.5. The van der Waals surface area contributed by atoms with E-state index < -0.39 is 21.6 Å². The van der Waals surface area contributed by atoms with Crippen molar-refractivity contribution < 1.29 is 28.6 Å². The Morgan fingerprint density at radius 1 is 1.23 bits per heavy atom. The molecule has 0 aliphatic carbocycles. The highest BCUT2D eigenvalue weighted by molar-refractivity contribution is 8.24. The van der Waals surface area contributed by atoms with Gasteiger partial charge in [-0.1, -0.05) is 47.2 Å². The van der Waals surface area contributed by atoms with E-state index in [9.17, 15) is 24.0 Å². The fourth-order valence-corrected chi connectivity index (χ4v) is 6.20. The predicted octanol–water partition coefficient (Wildman–Crippen LogP) is 5.45. The molecule has 4 rings (SSSR count). The Morgan fingerprint density at radius 2 is 1.93 bits per heavy atom. The number of aromatic nitrogens is 2. The van der Waals surface area contributed by atoms with Crippen LogP contribution >= 0.6 is 33.8 Å². The Kier molecular flexibility index (Phi) is 9.44. The van der Waals surface area contributed by atoms with Crippen LogP contribution in [0.25, 0.3) is 16.9 Å². The van der Waals surface area contributed by atoms with Gasteiger partial charge < -0.3 is 14.9 Å². The average Bonchev–Trinajstić information content (AvgIpc) is 3.29. The molecule has 2 heterocycles. The lowest BCUT2D eigenvalue weighted by Gasteiger charge is -2.39. The number of methoxy groups -OCH3 is 1. The SMILES string of the molecule is COc1c(C(=O)NC2CCS(O)(O)CC2)nn(-c2ccc(Cl)cc2Cl)c1-c1ccc(C#CCCO[N+](=O)[O-])cc1. The van der Waals surface area contributed by atoms with Crippen LogP contribution < -0.4 is 10.1 Å². The van der Waals surface area contributed by atoms with Gasteiger partial charge in [0.15, 0.2) is 11.4 Å². The van der Waals surface area contributed by atoms with E-state index in [1.165, 1.54) is 11.8 Å². The molecular formula is C26H26Cl2N4O7S. The van der Waals surface area contributed by atoms with Crippen LogP contribution in [-0.2, 0) is 4.84 Å². The maximum atomic E-state index is 13.4. The summed E-state index contributed by atoms with van der Waals surface area (Å²) in [6.07, 6.45) is 1.07. The number of ether oxygens (including phenoxy) is 1. The molecular weight excluding hydrogens is 583 g/mol. The highest BCUT2D eigenvalue weighted by Gasteiger charge is 2.30. The summed E-state index contributed by atoms with van der Waals surface area (Å²) in [6.45, 7) is -0.121. The number of nitrogens with one attached hydrogen (secondary N) is 1. The first-order chi connectivity index (χ1) is 19.1. The molecule has 3 aromatic rings. The van der Waals surface area contributed by atoms with Gasteiger partial charge >= 0.3 is 0 Å². The van der Waals surface area contributed by atoms with E-state index in [-0.39, 0.29) is 42.0 Å². The molecule has 3 N–H and O–H groups in total. The summed E-state index contributed by atoms with van der Waals surface area (Å²) in [4.78, 5) is 27.9. The van der Waals surface area contributed by atoms with Crippen molar-refractivity contribution in [3.63, 3.8) is 0 Å². The number of hydrogen-bond acceptors (Lipinski definition) is 8. The molecule has 1 aliphatic rings. The van der Waals surface area contributed by atoms with Crippen LogP contribution in [0.3, 0.4) is 0 Å². The van der Waals surface area contributed by atoms with Gasteiger partial charge in [0.05, 0.1) is 17.8 Å². The number of nitrogens with zero attached hydrogens (tertiary/aromatic N) is 3. The summed E-state index contributed by atoms with van der Waals surface area (Å²) in [6, 6.07) is 11.8. The fourth-order valence-electron chi connectivity index (χ4n) is 4.18. The van der Waals surface area contributed by atoms with Gasteiger partial charge in [-0.05, 0) is 43.2 Å². The molecule has 40 heavy (non-hydrogen) atoms. The van der Waals surface area contributed by atoms with E-state index in [0.29, 0.717) is 45.4 Å². The van der Waals surface area contributed by atoms with Crippen molar-refractivity contribution in [1.29, 1.82) is 0 Å². The van der Waals surface area contributed by atoms with E-state index in [4.69, 9.17) is 27.9 Å². The molecule has 0 atom stereocenters. The van der Waals surface area contributed by atoms with Gasteiger partial charge in [0.2, 0.25) is 0 Å². The van der Waals surface area contributed by atoms with Crippen LogP contribution in [0.15, 0.2) is 42.5 Å². The first kappa shape index (κ1) is 29.5. The molecule has 1 saturated heterocycles.